The van der Waals surface area contributed by atoms with Crippen molar-refractivity contribution in [3.63, 3.8) is 0 Å². The molecule has 0 aliphatic heterocycles. The first-order valence-corrected chi connectivity index (χ1v) is 8.26. The summed E-state index contributed by atoms with van der Waals surface area (Å²) in [6, 6.07) is 6.92. The Labute approximate surface area is 115 Å². The molecule has 0 saturated heterocycles. The molecule has 0 aliphatic rings. The zero-order chi connectivity index (χ0) is 14.5. The Morgan fingerprint density at radius 2 is 1.84 bits per heavy atom. The predicted octanol–water partition coefficient (Wildman–Crippen LogP) is 1.68. The van der Waals surface area contributed by atoms with E-state index in [-0.39, 0.29) is 18.2 Å². The molecule has 1 aromatic rings. The normalized spacial score (nSPS) is 15.2. The summed E-state index contributed by atoms with van der Waals surface area (Å²) in [5.41, 5.74) is 6.40. The quantitative estimate of drug-likeness (QED) is 0.799. The van der Waals surface area contributed by atoms with Crippen LogP contribution in [0.4, 0.5) is 0 Å². The van der Waals surface area contributed by atoms with Crippen molar-refractivity contribution < 1.29 is 13.5 Å². The maximum absolute atomic E-state index is 11.9. The van der Waals surface area contributed by atoms with Crippen molar-refractivity contribution in [2.24, 2.45) is 5.73 Å². The molecule has 0 fully saturated rings. The number of benzene rings is 1. The Hall–Kier alpha value is -0.910. The fourth-order valence-electron chi connectivity index (χ4n) is 2.03. The largest absolute Gasteiger partial charge is 0.392 e. The van der Waals surface area contributed by atoms with E-state index >= 15 is 0 Å². The van der Waals surface area contributed by atoms with Crippen LogP contribution in [0.3, 0.4) is 0 Å². The number of nitrogens with two attached hydrogens (primary N) is 1. The number of aliphatic hydroxyl groups excluding tert-OH is 1. The van der Waals surface area contributed by atoms with E-state index in [0.29, 0.717) is 17.7 Å². The van der Waals surface area contributed by atoms with Crippen LogP contribution in [0.2, 0.25) is 0 Å². The molecular formula is C14H23NO3S. The molecule has 0 aliphatic carbocycles. The highest BCUT2D eigenvalue weighted by atomic mass is 32.2. The molecule has 3 N–H and O–H groups in total. The maximum atomic E-state index is 11.9. The first-order chi connectivity index (χ1) is 8.90. The van der Waals surface area contributed by atoms with Crippen LogP contribution in [0, 0.1) is 0 Å². The molecule has 0 aromatic heterocycles. The van der Waals surface area contributed by atoms with Gasteiger partial charge in [-0.25, -0.2) is 8.42 Å². The van der Waals surface area contributed by atoms with Crippen molar-refractivity contribution in [1.29, 1.82) is 0 Å². The predicted molar refractivity (Wildman–Crippen MR) is 76.9 cm³/mol. The van der Waals surface area contributed by atoms with Gasteiger partial charge in [-0.2, -0.15) is 0 Å². The molecule has 0 heterocycles. The maximum Gasteiger partial charge on any atom is 0.178 e. The summed E-state index contributed by atoms with van der Waals surface area (Å²) >= 11 is 0. The number of sulfone groups is 1. The number of hydrogen-bond acceptors (Lipinski definition) is 4. The van der Waals surface area contributed by atoms with E-state index in [4.69, 9.17) is 5.73 Å². The second-order valence-corrected chi connectivity index (χ2v) is 7.02. The molecule has 5 heteroatoms. The standard InChI is InChI=1S/C14H23NO3S/c1-3-8-19(17,18)14-6-4-12(5-7-14)11(2)9-13(16)10-15/h4-7,11,13,16H,3,8-10,15H2,1-2H3. The lowest BCUT2D eigenvalue weighted by Crippen LogP contribution is -2.21. The fraction of sp³-hybridized carbons (Fsp3) is 0.571. The Morgan fingerprint density at radius 3 is 2.32 bits per heavy atom. The monoisotopic (exact) mass is 285 g/mol. The van der Waals surface area contributed by atoms with E-state index in [1.165, 1.54) is 0 Å². The van der Waals surface area contributed by atoms with Crippen LogP contribution in [0.25, 0.3) is 0 Å². The van der Waals surface area contributed by atoms with Crippen LogP contribution in [0.1, 0.15) is 38.2 Å². The van der Waals surface area contributed by atoms with E-state index < -0.39 is 15.9 Å². The number of aliphatic hydroxyl groups is 1. The van der Waals surface area contributed by atoms with Crippen LogP contribution >= 0.6 is 0 Å². The Morgan fingerprint density at radius 1 is 1.26 bits per heavy atom. The summed E-state index contributed by atoms with van der Waals surface area (Å²) in [4.78, 5) is 0.365. The summed E-state index contributed by atoms with van der Waals surface area (Å²) in [7, 11) is -3.15. The Balaban J connectivity index is 2.82. The highest BCUT2D eigenvalue weighted by Crippen LogP contribution is 2.22. The van der Waals surface area contributed by atoms with E-state index in [9.17, 15) is 13.5 Å². The van der Waals surface area contributed by atoms with Crippen LogP contribution in [0.15, 0.2) is 29.2 Å². The van der Waals surface area contributed by atoms with Gasteiger partial charge >= 0.3 is 0 Å². The molecule has 0 spiro atoms. The van der Waals surface area contributed by atoms with Crippen molar-refractivity contribution >= 4 is 9.84 Å². The molecule has 4 nitrogen and oxygen atoms in total. The van der Waals surface area contributed by atoms with Crippen LogP contribution in [-0.2, 0) is 9.84 Å². The zero-order valence-corrected chi connectivity index (χ0v) is 12.4. The third-order valence-electron chi connectivity index (χ3n) is 3.18. The molecule has 0 amide bonds. The van der Waals surface area contributed by atoms with Gasteiger partial charge < -0.3 is 10.8 Å². The van der Waals surface area contributed by atoms with E-state index in [1.807, 2.05) is 26.0 Å². The lowest BCUT2D eigenvalue weighted by molar-refractivity contribution is 0.165. The van der Waals surface area contributed by atoms with Gasteiger partial charge in [-0.3, -0.25) is 0 Å². The molecule has 2 unspecified atom stereocenters. The minimum Gasteiger partial charge on any atom is -0.392 e. The third kappa shape index (κ3) is 4.60. The summed E-state index contributed by atoms with van der Waals surface area (Å²) in [6.07, 6.45) is 0.680. The smallest absolute Gasteiger partial charge is 0.178 e. The lowest BCUT2D eigenvalue weighted by Gasteiger charge is -2.15. The minimum atomic E-state index is -3.15. The molecule has 0 saturated carbocycles. The zero-order valence-electron chi connectivity index (χ0n) is 11.5. The van der Waals surface area contributed by atoms with Gasteiger partial charge in [0.1, 0.15) is 0 Å². The first-order valence-electron chi connectivity index (χ1n) is 6.61. The lowest BCUT2D eigenvalue weighted by atomic mass is 9.95. The molecule has 1 aromatic carbocycles. The second-order valence-electron chi connectivity index (χ2n) is 4.91. The molecule has 0 radical (unpaired) electrons. The van der Waals surface area contributed by atoms with Crippen LogP contribution in [0.5, 0.6) is 0 Å². The van der Waals surface area contributed by atoms with Gasteiger partial charge in [0, 0.05) is 6.54 Å². The van der Waals surface area contributed by atoms with Gasteiger partial charge in [0.05, 0.1) is 16.8 Å². The summed E-state index contributed by atoms with van der Waals surface area (Å²) < 4.78 is 23.8. The van der Waals surface area contributed by atoms with E-state index in [0.717, 1.165) is 5.56 Å². The van der Waals surface area contributed by atoms with Gasteiger partial charge in [-0.15, -0.1) is 0 Å². The third-order valence-corrected chi connectivity index (χ3v) is 5.11. The summed E-state index contributed by atoms with van der Waals surface area (Å²) in [5.74, 6) is 0.329. The summed E-state index contributed by atoms with van der Waals surface area (Å²) in [5, 5.41) is 9.52. The number of rotatable bonds is 7. The van der Waals surface area contributed by atoms with Crippen molar-refractivity contribution in [3.8, 4) is 0 Å². The molecule has 0 bridgehead atoms. The van der Waals surface area contributed by atoms with Gasteiger partial charge in [0.25, 0.3) is 0 Å². The average molecular weight is 285 g/mol. The van der Waals surface area contributed by atoms with Crippen molar-refractivity contribution in [3.05, 3.63) is 29.8 Å². The molecular weight excluding hydrogens is 262 g/mol. The van der Waals surface area contributed by atoms with Gasteiger partial charge in [0.2, 0.25) is 0 Å². The Bertz CT molecular complexity index is 482. The summed E-state index contributed by atoms with van der Waals surface area (Å²) in [6.45, 7) is 4.09. The highest BCUT2D eigenvalue weighted by Gasteiger charge is 2.15. The van der Waals surface area contributed by atoms with Gasteiger partial charge in [-0.1, -0.05) is 26.0 Å². The van der Waals surface area contributed by atoms with E-state index in [1.54, 1.807) is 12.1 Å². The molecule has 108 valence electrons. The van der Waals surface area contributed by atoms with Crippen molar-refractivity contribution in [2.75, 3.05) is 12.3 Å². The van der Waals surface area contributed by atoms with Crippen molar-refractivity contribution in [1.82, 2.24) is 0 Å². The van der Waals surface area contributed by atoms with E-state index in [2.05, 4.69) is 0 Å². The SMILES string of the molecule is CCCS(=O)(=O)c1ccc(C(C)CC(O)CN)cc1. The minimum absolute atomic E-state index is 0.154. The van der Waals surface area contributed by atoms with Crippen LogP contribution < -0.4 is 5.73 Å². The molecule has 1 rings (SSSR count). The van der Waals surface area contributed by atoms with Crippen molar-refractivity contribution in [2.45, 2.75) is 43.6 Å². The Kier molecular flexibility index (Phi) is 5.97. The fourth-order valence-corrected chi connectivity index (χ4v) is 3.35. The average Bonchev–Trinajstić information content (AvgIpc) is 2.38. The topological polar surface area (TPSA) is 80.4 Å². The molecule has 2 atom stereocenters. The molecule has 19 heavy (non-hydrogen) atoms. The second kappa shape index (κ2) is 7.03. The first kappa shape index (κ1) is 16.1. The highest BCUT2D eigenvalue weighted by molar-refractivity contribution is 7.91. The van der Waals surface area contributed by atoms with Gasteiger partial charge in [0.15, 0.2) is 9.84 Å². The number of hydrogen-bond donors (Lipinski definition) is 2. The van der Waals surface area contributed by atoms with Gasteiger partial charge in [-0.05, 0) is 36.5 Å². The van der Waals surface area contributed by atoms with Crippen LogP contribution in [-0.4, -0.2) is 31.9 Å².